The lowest BCUT2D eigenvalue weighted by molar-refractivity contribution is -0.384. The Bertz CT molecular complexity index is 599. The van der Waals surface area contributed by atoms with Crippen LogP contribution in [0.3, 0.4) is 0 Å². The van der Waals surface area contributed by atoms with E-state index in [-0.39, 0.29) is 29.5 Å². The zero-order valence-corrected chi connectivity index (χ0v) is 11.6. The summed E-state index contributed by atoms with van der Waals surface area (Å²) < 4.78 is 0. The monoisotopic (exact) mass is 292 g/mol. The number of nitro groups is 1. The Morgan fingerprint density at radius 1 is 1.43 bits per heavy atom. The van der Waals surface area contributed by atoms with Crippen molar-refractivity contribution in [3.8, 4) is 0 Å². The lowest BCUT2D eigenvalue weighted by atomic mass is 10.1. The fraction of sp³-hybridized carbons (Fsp3) is 0.429. The van der Waals surface area contributed by atoms with Crippen LogP contribution in [-0.4, -0.2) is 39.9 Å². The molecule has 0 aromatic heterocycles. The van der Waals surface area contributed by atoms with Crippen LogP contribution in [0, 0.1) is 23.0 Å². The maximum absolute atomic E-state index is 12.4. The van der Waals surface area contributed by atoms with E-state index in [0.29, 0.717) is 25.1 Å². The molecule has 0 spiro atoms. The number of likely N-dealkylation sites (tertiary alicyclic amines) is 1. The van der Waals surface area contributed by atoms with Crippen molar-refractivity contribution in [2.75, 3.05) is 13.1 Å². The van der Waals surface area contributed by atoms with Crippen LogP contribution < -0.4 is 0 Å². The summed E-state index contributed by atoms with van der Waals surface area (Å²) in [5, 5.41) is 19.6. The number of carbonyl (C=O) groups excluding carboxylic acids is 1. The van der Waals surface area contributed by atoms with Gasteiger partial charge in [-0.3, -0.25) is 19.7 Å². The van der Waals surface area contributed by atoms with E-state index in [4.69, 9.17) is 5.11 Å². The number of hydrogen-bond donors (Lipinski definition) is 1. The van der Waals surface area contributed by atoms with E-state index >= 15 is 0 Å². The first kappa shape index (κ1) is 15.0. The van der Waals surface area contributed by atoms with E-state index in [9.17, 15) is 19.7 Å². The van der Waals surface area contributed by atoms with Crippen LogP contribution in [0.15, 0.2) is 18.2 Å². The van der Waals surface area contributed by atoms with Crippen molar-refractivity contribution >= 4 is 17.6 Å². The van der Waals surface area contributed by atoms with E-state index < -0.39 is 10.9 Å². The summed E-state index contributed by atoms with van der Waals surface area (Å²) in [4.78, 5) is 34.9. The minimum atomic E-state index is -0.875. The third-order valence-corrected chi connectivity index (χ3v) is 3.56. The van der Waals surface area contributed by atoms with Crippen molar-refractivity contribution in [1.29, 1.82) is 0 Å². The molecular weight excluding hydrogens is 276 g/mol. The van der Waals surface area contributed by atoms with Gasteiger partial charge in [-0.15, -0.1) is 0 Å². The van der Waals surface area contributed by atoms with E-state index in [1.54, 1.807) is 17.9 Å². The molecule has 1 unspecified atom stereocenters. The highest BCUT2D eigenvalue weighted by molar-refractivity contribution is 5.95. The summed E-state index contributed by atoms with van der Waals surface area (Å²) in [7, 11) is 0. The molecular formula is C14H16N2O5. The number of carboxylic acid groups (broad SMARTS) is 1. The van der Waals surface area contributed by atoms with Crippen LogP contribution in [0.1, 0.15) is 28.8 Å². The summed E-state index contributed by atoms with van der Waals surface area (Å²) in [6.45, 7) is 2.56. The van der Waals surface area contributed by atoms with Crippen LogP contribution in [-0.2, 0) is 4.79 Å². The van der Waals surface area contributed by atoms with Gasteiger partial charge in [-0.1, -0.05) is 0 Å². The third-order valence-electron chi connectivity index (χ3n) is 3.56. The number of hydrogen-bond acceptors (Lipinski definition) is 4. The Labute approximate surface area is 121 Å². The number of nitrogens with zero attached hydrogens (tertiary/aromatic N) is 2. The molecule has 2 rings (SSSR count). The summed E-state index contributed by atoms with van der Waals surface area (Å²) in [6.07, 6.45) is 0.684. The standard InChI is InChI=1S/C14H16N2O5/c1-9-4-11(7-12(5-9)16(20)21)14(19)15-3-2-10(8-15)6-13(17)18/h4-5,7,10H,2-3,6,8H2,1H3,(H,17,18). The lowest BCUT2D eigenvalue weighted by Crippen LogP contribution is -2.29. The van der Waals surface area contributed by atoms with Crippen LogP contribution in [0.2, 0.25) is 0 Å². The number of carbonyl (C=O) groups is 2. The number of carboxylic acids is 1. The number of aliphatic carboxylic acids is 1. The number of non-ortho nitro benzene ring substituents is 1. The largest absolute Gasteiger partial charge is 0.481 e. The fourth-order valence-corrected chi connectivity index (χ4v) is 2.61. The van der Waals surface area contributed by atoms with Crippen molar-refractivity contribution in [1.82, 2.24) is 4.90 Å². The predicted molar refractivity (Wildman–Crippen MR) is 74.1 cm³/mol. The quantitative estimate of drug-likeness (QED) is 0.674. The maximum Gasteiger partial charge on any atom is 0.303 e. The van der Waals surface area contributed by atoms with Crippen molar-refractivity contribution in [3.63, 3.8) is 0 Å². The molecule has 1 aromatic rings. The van der Waals surface area contributed by atoms with Gasteiger partial charge in [-0.2, -0.15) is 0 Å². The second-order valence-electron chi connectivity index (χ2n) is 5.32. The average molecular weight is 292 g/mol. The van der Waals surface area contributed by atoms with Crippen molar-refractivity contribution in [2.45, 2.75) is 19.8 Å². The molecule has 1 amide bonds. The Kier molecular flexibility index (Phi) is 4.21. The lowest BCUT2D eigenvalue weighted by Gasteiger charge is -2.16. The molecule has 21 heavy (non-hydrogen) atoms. The highest BCUT2D eigenvalue weighted by atomic mass is 16.6. The van der Waals surface area contributed by atoms with Crippen molar-refractivity contribution in [2.24, 2.45) is 5.92 Å². The van der Waals surface area contributed by atoms with Crippen LogP contribution in [0.25, 0.3) is 0 Å². The highest BCUT2D eigenvalue weighted by Crippen LogP contribution is 2.23. The molecule has 1 atom stereocenters. The molecule has 0 radical (unpaired) electrons. The number of nitro benzene ring substituents is 1. The molecule has 1 aromatic carbocycles. The summed E-state index contributed by atoms with van der Waals surface area (Å²) in [5.41, 5.74) is 0.811. The Morgan fingerprint density at radius 3 is 2.76 bits per heavy atom. The Morgan fingerprint density at radius 2 is 2.14 bits per heavy atom. The molecule has 0 saturated carbocycles. The molecule has 1 aliphatic rings. The topological polar surface area (TPSA) is 101 Å². The molecule has 0 aliphatic carbocycles. The van der Waals surface area contributed by atoms with Gasteiger partial charge in [-0.05, 0) is 30.9 Å². The van der Waals surface area contributed by atoms with Crippen molar-refractivity contribution < 1.29 is 19.6 Å². The molecule has 1 saturated heterocycles. The van der Waals surface area contributed by atoms with E-state index in [1.807, 2.05) is 0 Å². The molecule has 1 aliphatic heterocycles. The van der Waals surface area contributed by atoms with Gasteiger partial charge in [0.15, 0.2) is 0 Å². The summed E-state index contributed by atoms with van der Waals surface area (Å²) >= 11 is 0. The van der Waals surface area contributed by atoms with E-state index in [2.05, 4.69) is 0 Å². The predicted octanol–water partition coefficient (Wildman–Crippen LogP) is 1.84. The first-order chi connectivity index (χ1) is 9.86. The van der Waals surface area contributed by atoms with Gasteiger partial charge in [0.05, 0.1) is 4.92 Å². The minimum Gasteiger partial charge on any atom is -0.481 e. The van der Waals surface area contributed by atoms with Crippen LogP contribution in [0.4, 0.5) is 5.69 Å². The van der Waals surface area contributed by atoms with Gasteiger partial charge in [0, 0.05) is 37.2 Å². The van der Waals surface area contributed by atoms with Crippen molar-refractivity contribution in [3.05, 3.63) is 39.4 Å². The number of rotatable bonds is 4. The molecule has 7 nitrogen and oxygen atoms in total. The molecule has 1 N–H and O–H groups in total. The first-order valence-electron chi connectivity index (χ1n) is 6.64. The molecule has 112 valence electrons. The number of aryl methyl sites for hydroxylation is 1. The van der Waals surface area contributed by atoms with Crippen LogP contribution >= 0.6 is 0 Å². The van der Waals surface area contributed by atoms with E-state index in [1.165, 1.54) is 12.1 Å². The fourth-order valence-electron chi connectivity index (χ4n) is 2.61. The SMILES string of the molecule is Cc1cc(C(=O)N2CCC(CC(=O)O)C2)cc([N+](=O)[O-])c1. The zero-order valence-electron chi connectivity index (χ0n) is 11.6. The zero-order chi connectivity index (χ0) is 15.6. The van der Waals surface area contributed by atoms with Gasteiger partial charge in [0.2, 0.25) is 0 Å². The summed E-state index contributed by atoms with van der Waals surface area (Å²) in [6, 6.07) is 4.29. The number of benzene rings is 1. The highest BCUT2D eigenvalue weighted by Gasteiger charge is 2.29. The Hall–Kier alpha value is -2.44. The third kappa shape index (κ3) is 3.56. The normalized spacial score (nSPS) is 17.8. The smallest absolute Gasteiger partial charge is 0.303 e. The van der Waals surface area contributed by atoms with Crippen LogP contribution in [0.5, 0.6) is 0 Å². The molecule has 0 bridgehead atoms. The minimum absolute atomic E-state index is 0.0394. The van der Waals surface area contributed by atoms with Gasteiger partial charge < -0.3 is 10.0 Å². The van der Waals surface area contributed by atoms with Gasteiger partial charge in [0.1, 0.15) is 0 Å². The van der Waals surface area contributed by atoms with Gasteiger partial charge in [0.25, 0.3) is 11.6 Å². The molecule has 1 fully saturated rings. The maximum atomic E-state index is 12.4. The molecule has 7 heteroatoms. The second kappa shape index (κ2) is 5.90. The molecule has 1 heterocycles. The average Bonchev–Trinajstić information content (AvgIpc) is 2.84. The second-order valence-corrected chi connectivity index (χ2v) is 5.32. The van der Waals surface area contributed by atoms with E-state index in [0.717, 1.165) is 0 Å². The Balaban J connectivity index is 2.14. The summed E-state index contributed by atoms with van der Waals surface area (Å²) in [5.74, 6) is -1.21. The van der Waals surface area contributed by atoms with Gasteiger partial charge in [-0.25, -0.2) is 0 Å². The first-order valence-corrected chi connectivity index (χ1v) is 6.64. The van der Waals surface area contributed by atoms with Gasteiger partial charge >= 0.3 is 5.97 Å². The number of amides is 1.